The van der Waals surface area contributed by atoms with Crippen LogP contribution < -0.4 is 15.4 Å². The molecule has 1 aromatic rings. The summed E-state index contributed by atoms with van der Waals surface area (Å²) in [7, 11) is 3.49. The molecular formula is C20H35IN4O2. The number of morpholine rings is 1. The van der Waals surface area contributed by atoms with E-state index < -0.39 is 0 Å². The molecule has 0 aliphatic carbocycles. The highest BCUT2D eigenvalue weighted by molar-refractivity contribution is 14.0. The van der Waals surface area contributed by atoms with E-state index in [-0.39, 0.29) is 41.7 Å². The van der Waals surface area contributed by atoms with Gasteiger partial charge in [-0.25, -0.2) is 0 Å². The highest BCUT2D eigenvalue weighted by Gasteiger charge is 2.33. The van der Waals surface area contributed by atoms with Crippen molar-refractivity contribution in [3.63, 3.8) is 0 Å². The first-order chi connectivity index (χ1) is 12.4. The second kappa shape index (κ2) is 11.1. The van der Waals surface area contributed by atoms with Gasteiger partial charge < -0.3 is 20.1 Å². The summed E-state index contributed by atoms with van der Waals surface area (Å²) in [6, 6.07) is 8.01. The maximum atomic E-state index is 5.86. The first kappa shape index (κ1) is 24.0. The fourth-order valence-corrected chi connectivity index (χ4v) is 3.33. The van der Waals surface area contributed by atoms with Crippen LogP contribution in [-0.4, -0.2) is 62.4 Å². The van der Waals surface area contributed by atoms with Gasteiger partial charge in [0, 0.05) is 44.3 Å². The number of ether oxygens (including phenoxy) is 2. The molecule has 1 fully saturated rings. The summed E-state index contributed by atoms with van der Waals surface area (Å²) in [5, 5.41) is 6.83. The SMILES string of the molecule is CN=C(NCc1ccccc1OC)NCC(C)(C)N1CC(C)OC(C)C1.I. The van der Waals surface area contributed by atoms with Gasteiger partial charge in [0.25, 0.3) is 0 Å². The summed E-state index contributed by atoms with van der Waals surface area (Å²) >= 11 is 0. The maximum absolute atomic E-state index is 5.86. The zero-order chi connectivity index (χ0) is 19.2. The van der Waals surface area contributed by atoms with Crippen molar-refractivity contribution in [2.75, 3.05) is 33.8 Å². The van der Waals surface area contributed by atoms with Crippen LogP contribution in [0.1, 0.15) is 33.3 Å². The predicted octanol–water partition coefficient (Wildman–Crippen LogP) is 2.87. The fourth-order valence-electron chi connectivity index (χ4n) is 3.33. The van der Waals surface area contributed by atoms with E-state index in [9.17, 15) is 0 Å². The Balaban J connectivity index is 0.00000364. The van der Waals surface area contributed by atoms with E-state index in [1.165, 1.54) is 0 Å². The number of hydrogen-bond acceptors (Lipinski definition) is 4. The molecule has 27 heavy (non-hydrogen) atoms. The lowest BCUT2D eigenvalue weighted by atomic mass is 10.00. The quantitative estimate of drug-likeness (QED) is 0.365. The summed E-state index contributed by atoms with van der Waals surface area (Å²) < 4.78 is 11.3. The van der Waals surface area contributed by atoms with E-state index in [1.54, 1.807) is 14.2 Å². The van der Waals surface area contributed by atoms with Crippen LogP contribution in [0.2, 0.25) is 0 Å². The second-order valence-electron chi connectivity index (χ2n) is 7.57. The zero-order valence-corrected chi connectivity index (χ0v) is 19.7. The average Bonchev–Trinajstić information content (AvgIpc) is 2.61. The molecule has 0 aromatic heterocycles. The van der Waals surface area contributed by atoms with Crippen LogP contribution in [0.15, 0.2) is 29.3 Å². The second-order valence-corrected chi connectivity index (χ2v) is 7.57. The van der Waals surface area contributed by atoms with Gasteiger partial charge in [0.15, 0.2) is 5.96 Å². The normalized spacial score (nSPS) is 21.3. The Labute approximate surface area is 181 Å². The molecule has 1 aliphatic rings. The van der Waals surface area contributed by atoms with Crippen LogP contribution in [0, 0.1) is 0 Å². The Hall–Kier alpha value is -1.06. The number of guanidine groups is 1. The fraction of sp³-hybridized carbons (Fsp3) is 0.650. The average molecular weight is 490 g/mol. The van der Waals surface area contributed by atoms with Crippen LogP contribution >= 0.6 is 24.0 Å². The largest absolute Gasteiger partial charge is 0.496 e. The minimum atomic E-state index is 0. The minimum Gasteiger partial charge on any atom is -0.496 e. The number of nitrogens with one attached hydrogen (secondary N) is 2. The lowest BCUT2D eigenvalue weighted by molar-refractivity contribution is -0.0946. The monoisotopic (exact) mass is 490 g/mol. The van der Waals surface area contributed by atoms with E-state index in [1.807, 2.05) is 18.2 Å². The van der Waals surface area contributed by atoms with Crippen molar-refractivity contribution >= 4 is 29.9 Å². The summed E-state index contributed by atoms with van der Waals surface area (Å²) in [4.78, 5) is 6.84. The molecule has 2 unspecified atom stereocenters. The molecule has 6 nitrogen and oxygen atoms in total. The molecular weight excluding hydrogens is 455 g/mol. The Morgan fingerprint density at radius 3 is 2.44 bits per heavy atom. The summed E-state index contributed by atoms with van der Waals surface area (Å²) in [5.74, 6) is 1.67. The highest BCUT2D eigenvalue weighted by Crippen LogP contribution is 2.21. The number of methoxy groups -OCH3 is 1. The molecule has 154 valence electrons. The number of para-hydroxylation sites is 1. The summed E-state index contributed by atoms with van der Waals surface area (Å²) in [6.45, 7) is 12.2. The maximum Gasteiger partial charge on any atom is 0.191 e. The van der Waals surface area contributed by atoms with E-state index in [2.05, 4.69) is 54.3 Å². The van der Waals surface area contributed by atoms with Crippen molar-refractivity contribution in [3.05, 3.63) is 29.8 Å². The number of aliphatic imine (C=N–C) groups is 1. The number of benzene rings is 1. The van der Waals surface area contributed by atoms with Crippen molar-refractivity contribution in [2.24, 2.45) is 4.99 Å². The number of hydrogen-bond donors (Lipinski definition) is 2. The van der Waals surface area contributed by atoms with E-state index >= 15 is 0 Å². The predicted molar refractivity (Wildman–Crippen MR) is 122 cm³/mol. The van der Waals surface area contributed by atoms with Gasteiger partial charge in [0.2, 0.25) is 0 Å². The Morgan fingerprint density at radius 2 is 1.85 bits per heavy atom. The van der Waals surface area contributed by atoms with E-state index in [4.69, 9.17) is 9.47 Å². The van der Waals surface area contributed by atoms with Crippen LogP contribution in [0.4, 0.5) is 0 Å². The summed E-state index contributed by atoms with van der Waals surface area (Å²) in [5.41, 5.74) is 1.11. The van der Waals surface area contributed by atoms with Crippen molar-refractivity contribution in [1.82, 2.24) is 15.5 Å². The molecule has 0 spiro atoms. The molecule has 1 aliphatic heterocycles. The molecule has 1 heterocycles. The van der Waals surface area contributed by atoms with Crippen molar-refractivity contribution in [3.8, 4) is 5.75 Å². The van der Waals surface area contributed by atoms with Gasteiger partial charge in [-0.3, -0.25) is 9.89 Å². The molecule has 7 heteroatoms. The standard InChI is InChI=1S/C20H34N4O2.HI/c1-15-12-24(13-16(2)26-15)20(3,4)14-23-19(21-5)22-11-17-9-7-8-10-18(17)25-6;/h7-10,15-16H,11-14H2,1-6H3,(H2,21,22,23);1H. The van der Waals surface area contributed by atoms with Gasteiger partial charge in [-0.2, -0.15) is 0 Å². The molecule has 2 atom stereocenters. The third kappa shape index (κ3) is 7.12. The van der Waals surface area contributed by atoms with E-state index in [0.29, 0.717) is 6.54 Å². The number of rotatable bonds is 6. The lowest BCUT2D eigenvalue weighted by Crippen LogP contribution is -2.59. The van der Waals surface area contributed by atoms with Crippen molar-refractivity contribution in [2.45, 2.75) is 52.0 Å². The van der Waals surface area contributed by atoms with Gasteiger partial charge in [-0.15, -0.1) is 24.0 Å². The van der Waals surface area contributed by atoms with Crippen LogP contribution in [0.25, 0.3) is 0 Å². The smallest absolute Gasteiger partial charge is 0.191 e. The number of halogens is 1. The van der Waals surface area contributed by atoms with Gasteiger partial charge in [0.05, 0.1) is 19.3 Å². The third-order valence-electron chi connectivity index (χ3n) is 4.83. The van der Waals surface area contributed by atoms with Crippen LogP contribution in [0.3, 0.4) is 0 Å². The number of nitrogens with zero attached hydrogens (tertiary/aromatic N) is 2. The van der Waals surface area contributed by atoms with Crippen LogP contribution in [0.5, 0.6) is 5.75 Å². The van der Waals surface area contributed by atoms with Gasteiger partial charge in [-0.1, -0.05) is 18.2 Å². The molecule has 0 bridgehead atoms. The molecule has 1 saturated heterocycles. The zero-order valence-electron chi connectivity index (χ0n) is 17.4. The van der Waals surface area contributed by atoms with E-state index in [0.717, 1.165) is 36.9 Å². The highest BCUT2D eigenvalue weighted by atomic mass is 127. The minimum absolute atomic E-state index is 0. The Kier molecular flexibility index (Phi) is 9.83. The van der Waals surface area contributed by atoms with Crippen molar-refractivity contribution in [1.29, 1.82) is 0 Å². The van der Waals surface area contributed by atoms with Crippen LogP contribution in [-0.2, 0) is 11.3 Å². The summed E-state index contributed by atoms with van der Waals surface area (Å²) in [6.07, 6.45) is 0.530. The van der Waals surface area contributed by atoms with Gasteiger partial charge >= 0.3 is 0 Å². The molecule has 2 N–H and O–H groups in total. The molecule has 0 amide bonds. The first-order valence-electron chi connectivity index (χ1n) is 9.32. The third-order valence-corrected chi connectivity index (χ3v) is 4.83. The first-order valence-corrected chi connectivity index (χ1v) is 9.32. The Bertz CT molecular complexity index is 599. The molecule has 2 rings (SSSR count). The topological polar surface area (TPSA) is 58.1 Å². The van der Waals surface area contributed by atoms with Gasteiger partial charge in [0.1, 0.15) is 5.75 Å². The Morgan fingerprint density at radius 1 is 1.22 bits per heavy atom. The molecule has 0 radical (unpaired) electrons. The lowest BCUT2D eigenvalue weighted by Gasteiger charge is -2.45. The molecule has 1 aromatic carbocycles. The van der Waals surface area contributed by atoms with Gasteiger partial charge in [-0.05, 0) is 33.8 Å². The van der Waals surface area contributed by atoms with Crippen molar-refractivity contribution < 1.29 is 9.47 Å². The molecule has 0 saturated carbocycles.